The van der Waals surface area contributed by atoms with E-state index < -0.39 is 0 Å². The highest BCUT2D eigenvalue weighted by Crippen LogP contribution is 2.22. The molecule has 1 heterocycles. The minimum Gasteiger partial charge on any atom is -0.497 e. The Balaban J connectivity index is 2.13. The van der Waals surface area contributed by atoms with Gasteiger partial charge in [0, 0.05) is 30.9 Å². The van der Waals surface area contributed by atoms with E-state index in [9.17, 15) is 5.11 Å². The van der Waals surface area contributed by atoms with E-state index in [1.807, 2.05) is 18.2 Å². The second kappa shape index (κ2) is 5.89. The van der Waals surface area contributed by atoms with Gasteiger partial charge < -0.3 is 20.1 Å². The van der Waals surface area contributed by atoms with Crippen LogP contribution in [-0.2, 0) is 0 Å². The average Bonchev–Trinajstić information content (AvgIpc) is 2.64. The predicted octanol–water partition coefficient (Wildman–Crippen LogP) is 0.856. The van der Waals surface area contributed by atoms with Gasteiger partial charge in [0.15, 0.2) is 0 Å². The first kappa shape index (κ1) is 12.2. The molecule has 94 valence electrons. The van der Waals surface area contributed by atoms with Crippen LogP contribution in [0, 0.1) is 0 Å². The number of nitrogens with zero attached hydrogens (tertiary/aromatic N) is 1. The van der Waals surface area contributed by atoms with Crippen LogP contribution in [0.15, 0.2) is 24.3 Å². The van der Waals surface area contributed by atoms with Gasteiger partial charge in [-0.2, -0.15) is 0 Å². The maximum Gasteiger partial charge on any atom is 0.120 e. The van der Waals surface area contributed by atoms with Gasteiger partial charge in [0.25, 0.3) is 0 Å². The minimum absolute atomic E-state index is 0.156. The summed E-state index contributed by atoms with van der Waals surface area (Å²) in [5.74, 6) is 0.875. The first-order valence-corrected chi connectivity index (χ1v) is 6.06. The molecule has 17 heavy (non-hydrogen) atoms. The number of hydrogen-bond donors (Lipinski definition) is 2. The molecular weight excluding hydrogens is 216 g/mol. The van der Waals surface area contributed by atoms with Crippen LogP contribution >= 0.6 is 0 Å². The molecule has 1 aromatic carbocycles. The second-order valence-corrected chi connectivity index (χ2v) is 4.33. The fraction of sp³-hybridized carbons (Fsp3) is 0.538. The average molecular weight is 236 g/mol. The SMILES string of the molecule is COc1cccc(N2CCCNC(CO)C2)c1. The summed E-state index contributed by atoms with van der Waals surface area (Å²) in [6, 6.07) is 8.23. The second-order valence-electron chi connectivity index (χ2n) is 4.33. The number of anilines is 1. The lowest BCUT2D eigenvalue weighted by atomic mass is 10.2. The van der Waals surface area contributed by atoms with Gasteiger partial charge >= 0.3 is 0 Å². The van der Waals surface area contributed by atoms with E-state index in [4.69, 9.17) is 4.74 Å². The van der Waals surface area contributed by atoms with E-state index in [2.05, 4.69) is 16.3 Å². The molecule has 1 aromatic rings. The molecule has 0 bridgehead atoms. The van der Waals surface area contributed by atoms with Crippen molar-refractivity contribution in [1.29, 1.82) is 0 Å². The lowest BCUT2D eigenvalue weighted by Crippen LogP contribution is -2.40. The molecule has 0 radical (unpaired) electrons. The Kier molecular flexibility index (Phi) is 4.23. The number of nitrogens with one attached hydrogen (secondary N) is 1. The number of ether oxygens (including phenoxy) is 1. The number of benzene rings is 1. The largest absolute Gasteiger partial charge is 0.497 e. The molecule has 1 atom stereocenters. The molecule has 1 unspecified atom stereocenters. The molecule has 0 aromatic heterocycles. The van der Waals surface area contributed by atoms with Crippen LogP contribution in [0.25, 0.3) is 0 Å². The summed E-state index contributed by atoms with van der Waals surface area (Å²) >= 11 is 0. The summed E-state index contributed by atoms with van der Waals surface area (Å²) in [6.07, 6.45) is 1.09. The molecule has 0 amide bonds. The van der Waals surface area contributed by atoms with Crippen molar-refractivity contribution in [2.45, 2.75) is 12.5 Å². The minimum atomic E-state index is 0.156. The first-order valence-electron chi connectivity index (χ1n) is 6.06. The molecule has 2 rings (SSSR count). The van der Waals surface area contributed by atoms with Crippen LogP contribution in [0.4, 0.5) is 5.69 Å². The predicted molar refractivity (Wildman–Crippen MR) is 68.7 cm³/mol. The summed E-state index contributed by atoms with van der Waals surface area (Å²) in [7, 11) is 1.68. The zero-order chi connectivity index (χ0) is 12.1. The Morgan fingerprint density at radius 1 is 1.53 bits per heavy atom. The standard InChI is InChI=1S/C13H20N2O2/c1-17-13-5-2-4-12(8-13)15-7-3-6-14-11(9-15)10-16/h2,4-5,8,11,14,16H,3,6-7,9-10H2,1H3. The van der Waals surface area contributed by atoms with E-state index in [1.54, 1.807) is 7.11 Å². The molecule has 1 aliphatic rings. The maximum atomic E-state index is 9.27. The summed E-state index contributed by atoms with van der Waals surface area (Å²) in [5, 5.41) is 12.6. The van der Waals surface area contributed by atoms with Gasteiger partial charge in [0.1, 0.15) is 5.75 Å². The van der Waals surface area contributed by atoms with Gasteiger partial charge in [-0.05, 0) is 25.1 Å². The Hall–Kier alpha value is -1.26. The lowest BCUT2D eigenvalue weighted by molar-refractivity contribution is 0.248. The van der Waals surface area contributed by atoms with Gasteiger partial charge in [-0.15, -0.1) is 0 Å². The first-order chi connectivity index (χ1) is 8.33. The smallest absolute Gasteiger partial charge is 0.120 e. The summed E-state index contributed by atoms with van der Waals surface area (Å²) < 4.78 is 5.24. The van der Waals surface area contributed by atoms with Crippen molar-refractivity contribution in [2.24, 2.45) is 0 Å². The molecule has 1 saturated heterocycles. The Morgan fingerprint density at radius 2 is 2.41 bits per heavy atom. The molecule has 1 fully saturated rings. The molecule has 0 aliphatic carbocycles. The van der Waals surface area contributed by atoms with Crippen LogP contribution in [0.1, 0.15) is 6.42 Å². The van der Waals surface area contributed by atoms with Gasteiger partial charge in [-0.3, -0.25) is 0 Å². The molecule has 0 saturated carbocycles. The normalized spacial score (nSPS) is 21.1. The summed E-state index contributed by atoms with van der Waals surface area (Å²) in [5.41, 5.74) is 1.16. The quantitative estimate of drug-likeness (QED) is 0.817. The summed E-state index contributed by atoms with van der Waals surface area (Å²) in [6.45, 7) is 2.99. The van der Waals surface area contributed by atoms with E-state index in [-0.39, 0.29) is 12.6 Å². The van der Waals surface area contributed by atoms with E-state index in [1.165, 1.54) is 0 Å². The third-order valence-electron chi connectivity index (χ3n) is 3.12. The third kappa shape index (κ3) is 3.11. The topological polar surface area (TPSA) is 44.7 Å². The Morgan fingerprint density at radius 3 is 3.18 bits per heavy atom. The van der Waals surface area contributed by atoms with Crippen molar-refractivity contribution in [3.63, 3.8) is 0 Å². The van der Waals surface area contributed by atoms with Crippen molar-refractivity contribution >= 4 is 5.69 Å². The third-order valence-corrected chi connectivity index (χ3v) is 3.12. The number of aliphatic hydroxyl groups is 1. The zero-order valence-electron chi connectivity index (χ0n) is 10.2. The van der Waals surface area contributed by atoms with Gasteiger partial charge in [-0.1, -0.05) is 6.07 Å². The number of rotatable bonds is 3. The fourth-order valence-corrected chi connectivity index (χ4v) is 2.16. The van der Waals surface area contributed by atoms with Crippen LogP contribution in [-0.4, -0.2) is 44.5 Å². The molecule has 1 aliphatic heterocycles. The number of aliphatic hydroxyl groups excluding tert-OH is 1. The highest BCUT2D eigenvalue weighted by molar-refractivity contribution is 5.51. The molecule has 4 nitrogen and oxygen atoms in total. The lowest BCUT2D eigenvalue weighted by Gasteiger charge is -2.25. The van der Waals surface area contributed by atoms with Crippen molar-refractivity contribution in [2.75, 3.05) is 38.3 Å². The van der Waals surface area contributed by atoms with Crippen LogP contribution in [0.2, 0.25) is 0 Å². The molecule has 0 spiro atoms. The van der Waals surface area contributed by atoms with Crippen molar-refractivity contribution in [1.82, 2.24) is 5.32 Å². The van der Waals surface area contributed by atoms with Crippen LogP contribution in [0.5, 0.6) is 5.75 Å². The van der Waals surface area contributed by atoms with Crippen molar-refractivity contribution in [3.05, 3.63) is 24.3 Å². The monoisotopic (exact) mass is 236 g/mol. The van der Waals surface area contributed by atoms with Crippen LogP contribution < -0.4 is 15.0 Å². The fourth-order valence-electron chi connectivity index (χ4n) is 2.16. The summed E-state index contributed by atoms with van der Waals surface area (Å²) in [4.78, 5) is 2.30. The van der Waals surface area contributed by atoms with Gasteiger partial charge in [0.05, 0.1) is 13.7 Å². The molecule has 4 heteroatoms. The maximum absolute atomic E-state index is 9.27. The van der Waals surface area contributed by atoms with Gasteiger partial charge in [0.2, 0.25) is 0 Å². The van der Waals surface area contributed by atoms with Crippen LogP contribution in [0.3, 0.4) is 0 Å². The highest BCUT2D eigenvalue weighted by Gasteiger charge is 2.17. The highest BCUT2D eigenvalue weighted by atomic mass is 16.5. The van der Waals surface area contributed by atoms with Crippen molar-refractivity contribution < 1.29 is 9.84 Å². The number of hydrogen-bond acceptors (Lipinski definition) is 4. The zero-order valence-corrected chi connectivity index (χ0v) is 10.2. The Bertz CT molecular complexity index is 357. The van der Waals surface area contributed by atoms with Crippen molar-refractivity contribution in [3.8, 4) is 5.75 Å². The number of methoxy groups -OCH3 is 1. The van der Waals surface area contributed by atoms with E-state index >= 15 is 0 Å². The van der Waals surface area contributed by atoms with Gasteiger partial charge in [-0.25, -0.2) is 0 Å². The Labute approximate surface area is 102 Å². The molecule has 2 N–H and O–H groups in total. The molecular formula is C13H20N2O2. The van der Waals surface area contributed by atoms with E-state index in [0.717, 1.165) is 37.5 Å². The van der Waals surface area contributed by atoms with E-state index in [0.29, 0.717) is 0 Å².